The molecule has 3 N–H and O–H groups in total. The number of nitrogens with one attached hydrogen (secondary N) is 1. The molecule has 0 fully saturated rings. The van der Waals surface area contributed by atoms with Gasteiger partial charge in [-0.25, -0.2) is 0 Å². The topological polar surface area (TPSA) is 89.3 Å². The molecule has 0 spiro atoms. The van der Waals surface area contributed by atoms with Gasteiger partial charge in [0.25, 0.3) is 11.7 Å². The summed E-state index contributed by atoms with van der Waals surface area (Å²) in [5.41, 5.74) is 6.60. The molecule has 5 nitrogen and oxygen atoms in total. The number of primary amides is 1. The van der Waals surface area contributed by atoms with Gasteiger partial charge in [-0.15, -0.1) is 0 Å². The SMILES string of the molecule is CCc1ccc(C(N)=O)c2c1NC(=O)C2=O. The predicted octanol–water partition coefficient (Wildman–Crippen LogP) is 0.483. The van der Waals surface area contributed by atoms with Crippen LogP contribution in [0.5, 0.6) is 0 Å². The monoisotopic (exact) mass is 218 g/mol. The molecule has 5 heteroatoms. The minimum absolute atomic E-state index is 0.0931. The van der Waals surface area contributed by atoms with E-state index in [0.29, 0.717) is 12.1 Å². The molecule has 0 aliphatic carbocycles. The largest absolute Gasteiger partial charge is 0.366 e. The summed E-state index contributed by atoms with van der Waals surface area (Å²) in [6, 6.07) is 3.18. The van der Waals surface area contributed by atoms with Gasteiger partial charge in [0.2, 0.25) is 5.91 Å². The van der Waals surface area contributed by atoms with Crippen molar-refractivity contribution in [2.45, 2.75) is 13.3 Å². The summed E-state index contributed by atoms with van der Waals surface area (Å²) in [5, 5.41) is 2.47. The minimum atomic E-state index is -0.710. The number of amides is 2. The van der Waals surface area contributed by atoms with Crippen LogP contribution in [0.1, 0.15) is 33.2 Å². The zero-order valence-electron chi connectivity index (χ0n) is 8.66. The smallest absolute Gasteiger partial charge is 0.296 e. The Morgan fingerprint density at radius 3 is 2.62 bits per heavy atom. The first-order valence-electron chi connectivity index (χ1n) is 4.87. The van der Waals surface area contributed by atoms with Crippen LogP contribution in [0.3, 0.4) is 0 Å². The van der Waals surface area contributed by atoms with Crippen LogP contribution in [0.25, 0.3) is 0 Å². The molecule has 0 saturated heterocycles. The Balaban J connectivity index is 2.74. The average Bonchev–Trinajstić information content (AvgIpc) is 2.54. The Morgan fingerprint density at radius 1 is 1.38 bits per heavy atom. The lowest BCUT2D eigenvalue weighted by molar-refractivity contribution is -0.112. The molecule has 82 valence electrons. The molecule has 1 aliphatic heterocycles. The van der Waals surface area contributed by atoms with Gasteiger partial charge < -0.3 is 11.1 Å². The summed E-state index contributed by atoms with van der Waals surface area (Å²) in [7, 11) is 0. The van der Waals surface area contributed by atoms with Gasteiger partial charge in [0.15, 0.2) is 0 Å². The number of hydrogen-bond acceptors (Lipinski definition) is 3. The highest BCUT2D eigenvalue weighted by Crippen LogP contribution is 2.30. The molecule has 0 unspecified atom stereocenters. The quantitative estimate of drug-likeness (QED) is 0.707. The number of anilines is 1. The van der Waals surface area contributed by atoms with Crippen LogP contribution in [0.4, 0.5) is 5.69 Å². The van der Waals surface area contributed by atoms with Crippen LogP contribution in [0.15, 0.2) is 12.1 Å². The van der Waals surface area contributed by atoms with Gasteiger partial charge in [-0.3, -0.25) is 14.4 Å². The number of rotatable bonds is 2. The van der Waals surface area contributed by atoms with Crippen LogP contribution in [-0.2, 0) is 11.2 Å². The Hall–Kier alpha value is -2.17. The fourth-order valence-electron chi connectivity index (χ4n) is 1.81. The van der Waals surface area contributed by atoms with E-state index in [9.17, 15) is 14.4 Å². The third-order valence-electron chi connectivity index (χ3n) is 2.61. The van der Waals surface area contributed by atoms with Crippen LogP contribution >= 0.6 is 0 Å². The van der Waals surface area contributed by atoms with Gasteiger partial charge in [0, 0.05) is 0 Å². The predicted molar refractivity (Wildman–Crippen MR) is 57.3 cm³/mol. The fourth-order valence-corrected chi connectivity index (χ4v) is 1.81. The third kappa shape index (κ3) is 1.29. The second-order valence-electron chi connectivity index (χ2n) is 3.52. The van der Waals surface area contributed by atoms with Crippen molar-refractivity contribution in [1.82, 2.24) is 0 Å². The number of hydrogen-bond donors (Lipinski definition) is 2. The van der Waals surface area contributed by atoms with Crippen LogP contribution in [0, 0.1) is 0 Å². The molecule has 0 saturated carbocycles. The lowest BCUT2D eigenvalue weighted by Crippen LogP contribution is -2.17. The van der Waals surface area contributed by atoms with Crippen molar-refractivity contribution in [2.75, 3.05) is 5.32 Å². The number of carbonyl (C=O) groups is 3. The van der Waals surface area contributed by atoms with E-state index in [0.717, 1.165) is 5.56 Å². The molecule has 0 atom stereocenters. The first-order chi connectivity index (χ1) is 7.56. The molecule has 0 aromatic heterocycles. The normalized spacial score (nSPS) is 13.6. The highest BCUT2D eigenvalue weighted by molar-refractivity contribution is 6.53. The van der Waals surface area contributed by atoms with E-state index in [-0.39, 0.29) is 11.1 Å². The number of aryl methyl sites for hydroxylation is 1. The number of benzene rings is 1. The molecule has 2 amide bonds. The Bertz CT molecular complexity index is 520. The maximum absolute atomic E-state index is 11.6. The zero-order valence-corrected chi connectivity index (χ0v) is 8.66. The Labute approximate surface area is 91.6 Å². The highest BCUT2D eigenvalue weighted by Gasteiger charge is 2.33. The van der Waals surface area contributed by atoms with Crippen molar-refractivity contribution in [3.8, 4) is 0 Å². The van der Waals surface area contributed by atoms with Crippen LogP contribution in [-0.4, -0.2) is 17.6 Å². The third-order valence-corrected chi connectivity index (χ3v) is 2.61. The summed E-state index contributed by atoms with van der Waals surface area (Å²) in [5.74, 6) is -2.11. The number of fused-ring (bicyclic) bond motifs is 1. The number of carbonyl (C=O) groups excluding carboxylic acids is 3. The standard InChI is InChI=1S/C11H10N2O3/c1-2-5-3-4-6(10(12)15)7-8(5)13-11(16)9(7)14/h3-4H,2H2,1H3,(H2,12,15)(H,13,14,16). The van der Waals surface area contributed by atoms with Crippen molar-refractivity contribution in [3.05, 3.63) is 28.8 Å². The summed E-state index contributed by atoms with van der Waals surface area (Å²) in [6.07, 6.45) is 0.662. The second kappa shape index (κ2) is 3.44. The lowest BCUT2D eigenvalue weighted by Gasteiger charge is -2.07. The molecule has 2 rings (SSSR count). The van der Waals surface area contributed by atoms with Gasteiger partial charge in [-0.05, 0) is 18.1 Å². The maximum atomic E-state index is 11.6. The van der Waals surface area contributed by atoms with Crippen LogP contribution in [0.2, 0.25) is 0 Å². The maximum Gasteiger partial charge on any atom is 0.296 e. The molecule has 1 aromatic rings. The first-order valence-corrected chi connectivity index (χ1v) is 4.87. The van der Waals surface area contributed by atoms with E-state index in [1.165, 1.54) is 6.07 Å². The molecular weight excluding hydrogens is 208 g/mol. The van der Waals surface area contributed by atoms with Crippen molar-refractivity contribution in [1.29, 1.82) is 0 Å². The molecular formula is C11H10N2O3. The average molecular weight is 218 g/mol. The number of Topliss-reactive ketones (excluding diaryl/α,β-unsaturated/α-hetero) is 1. The van der Waals surface area contributed by atoms with Crippen molar-refractivity contribution >= 4 is 23.3 Å². The molecule has 0 bridgehead atoms. The molecule has 0 radical (unpaired) electrons. The van der Waals surface area contributed by atoms with E-state index < -0.39 is 17.6 Å². The summed E-state index contributed by atoms with van der Waals surface area (Å²) >= 11 is 0. The molecule has 1 heterocycles. The number of ketones is 1. The summed E-state index contributed by atoms with van der Waals surface area (Å²) in [6.45, 7) is 1.90. The Morgan fingerprint density at radius 2 is 2.06 bits per heavy atom. The van der Waals surface area contributed by atoms with E-state index >= 15 is 0 Å². The molecule has 16 heavy (non-hydrogen) atoms. The fraction of sp³-hybridized carbons (Fsp3) is 0.182. The van der Waals surface area contributed by atoms with E-state index in [1.54, 1.807) is 6.07 Å². The Kier molecular flexibility index (Phi) is 2.23. The molecule has 1 aliphatic rings. The van der Waals surface area contributed by atoms with E-state index in [2.05, 4.69) is 5.32 Å². The van der Waals surface area contributed by atoms with Gasteiger partial charge in [0.1, 0.15) is 0 Å². The van der Waals surface area contributed by atoms with E-state index in [4.69, 9.17) is 5.73 Å². The van der Waals surface area contributed by atoms with E-state index in [1.807, 2.05) is 6.92 Å². The van der Waals surface area contributed by atoms with Gasteiger partial charge in [-0.1, -0.05) is 13.0 Å². The van der Waals surface area contributed by atoms with Gasteiger partial charge in [0.05, 0.1) is 16.8 Å². The van der Waals surface area contributed by atoms with Crippen molar-refractivity contribution in [2.24, 2.45) is 5.73 Å². The minimum Gasteiger partial charge on any atom is -0.366 e. The van der Waals surface area contributed by atoms with Crippen molar-refractivity contribution in [3.63, 3.8) is 0 Å². The molecule has 1 aromatic carbocycles. The van der Waals surface area contributed by atoms with Crippen LogP contribution < -0.4 is 11.1 Å². The first kappa shape index (κ1) is 10.4. The summed E-state index contributed by atoms with van der Waals surface area (Å²) < 4.78 is 0. The summed E-state index contributed by atoms with van der Waals surface area (Å²) in [4.78, 5) is 34.0. The van der Waals surface area contributed by atoms with Gasteiger partial charge >= 0.3 is 0 Å². The highest BCUT2D eigenvalue weighted by atomic mass is 16.2. The lowest BCUT2D eigenvalue weighted by atomic mass is 9.98. The van der Waals surface area contributed by atoms with Crippen molar-refractivity contribution < 1.29 is 14.4 Å². The number of nitrogens with two attached hydrogens (primary N) is 1. The second-order valence-corrected chi connectivity index (χ2v) is 3.52. The zero-order chi connectivity index (χ0) is 11.9. The van der Waals surface area contributed by atoms with Gasteiger partial charge in [-0.2, -0.15) is 0 Å².